The Morgan fingerprint density at radius 2 is 2.06 bits per heavy atom. The fourth-order valence-electron chi connectivity index (χ4n) is 4.01. The summed E-state index contributed by atoms with van der Waals surface area (Å²) in [4.78, 5) is 17.2. The van der Waals surface area contributed by atoms with Crippen molar-refractivity contribution in [2.75, 3.05) is 19.6 Å². The van der Waals surface area contributed by atoms with Crippen LogP contribution < -0.4 is 5.32 Å². The molecule has 0 aliphatic carbocycles. The van der Waals surface area contributed by atoms with Crippen LogP contribution in [0.1, 0.15) is 39.5 Å². The highest BCUT2D eigenvalue weighted by Gasteiger charge is 2.45. The normalized spacial score (nSPS) is 43.8. The summed E-state index contributed by atoms with van der Waals surface area (Å²) in [6, 6.07) is 0.532. The van der Waals surface area contributed by atoms with Gasteiger partial charge in [-0.25, -0.2) is 0 Å². The predicted molar refractivity (Wildman–Crippen MR) is 71.1 cm³/mol. The first kappa shape index (κ1) is 12.4. The number of rotatable bonds is 3. The minimum absolute atomic E-state index is 0.0699. The Bertz CT molecular complexity index is 325. The van der Waals surface area contributed by atoms with Gasteiger partial charge in [-0.1, -0.05) is 13.3 Å². The van der Waals surface area contributed by atoms with Gasteiger partial charge in [0.25, 0.3) is 0 Å². The molecule has 102 valence electrons. The predicted octanol–water partition coefficient (Wildman–Crippen LogP) is 1.03. The molecule has 3 unspecified atom stereocenters. The molecule has 0 spiro atoms. The minimum Gasteiger partial charge on any atom is -0.322 e. The molecule has 2 bridgehead atoms. The maximum Gasteiger partial charge on any atom is 0.241 e. The van der Waals surface area contributed by atoms with Crippen LogP contribution in [0.2, 0.25) is 0 Å². The SMILES string of the molecule is CCCC1NC(C)N(C2CN3CCC2CC3)C1=O. The molecule has 18 heavy (non-hydrogen) atoms. The van der Waals surface area contributed by atoms with E-state index in [0.29, 0.717) is 11.9 Å². The third kappa shape index (κ3) is 1.95. The van der Waals surface area contributed by atoms with Crippen molar-refractivity contribution in [2.45, 2.75) is 57.8 Å². The molecule has 4 heteroatoms. The average Bonchev–Trinajstić information content (AvgIpc) is 2.66. The van der Waals surface area contributed by atoms with Crippen LogP contribution >= 0.6 is 0 Å². The highest BCUT2D eigenvalue weighted by molar-refractivity contribution is 5.84. The fraction of sp³-hybridized carbons (Fsp3) is 0.929. The maximum atomic E-state index is 12.5. The van der Waals surface area contributed by atoms with Gasteiger partial charge in [-0.3, -0.25) is 10.1 Å². The van der Waals surface area contributed by atoms with Gasteiger partial charge in [0.15, 0.2) is 0 Å². The molecule has 4 fully saturated rings. The van der Waals surface area contributed by atoms with Gasteiger partial charge >= 0.3 is 0 Å². The van der Waals surface area contributed by atoms with Crippen LogP contribution in [0, 0.1) is 5.92 Å². The van der Waals surface area contributed by atoms with Crippen LogP contribution in [0.25, 0.3) is 0 Å². The number of hydrogen-bond donors (Lipinski definition) is 1. The first-order valence-corrected chi connectivity index (χ1v) is 7.51. The molecule has 0 aromatic rings. The second kappa shape index (κ2) is 4.82. The number of carbonyl (C=O) groups is 1. The van der Waals surface area contributed by atoms with E-state index < -0.39 is 0 Å². The lowest BCUT2D eigenvalue weighted by atomic mass is 9.83. The Balaban J connectivity index is 1.73. The maximum absolute atomic E-state index is 12.5. The Hall–Kier alpha value is -0.610. The van der Waals surface area contributed by atoms with Gasteiger partial charge in [0, 0.05) is 12.6 Å². The van der Waals surface area contributed by atoms with E-state index in [4.69, 9.17) is 0 Å². The van der Waals surface area contributed by atoms with Crippen LogP contribution in [0.4, 0.5) is 0 Å². The van der Waals surface area contributed by atoms with E-state index in [1.54, 1.807) is 0 Å². The zero-order valence-electron chi connectivity index (χ0n) is 11.6. The topological polar surface area (TPSA) is 35.6 Å². The van der Waals surface area contributed by atoms with Crippen LogP contribution in [0.3, 0.4) is 0 Å². The van der Waals surface area contributed by atoms with Crippen molar-refractivity contribution in [3.63, 3.8) is 0 Å². The van der Waals surface area contributed by atoms with E-state index in [0.717, 1.165) is 25.3 Å². The smallest absolute Gasteiger partial charge is 0.241 e. The standard InChI is InChI=1S/C14H25N3O/c1-3-4-12-14(18)17(10(2)15-12)13-9-16-7-5-11(13)6-8-16/h10-13,15H,3-9H2,1-2H3. The number of hydrogen-bond acceptors (Lipinski definition) is 3. The molecule has 4 aliphatic rings. The largest absolute Gasteiger partial charge is 0.322 e. The highest BCUT2D eigenvalue weighted by Crippen LogP contribution is 2.33. The van der Waals surface area contributed by atoms with Crippen LogP contribution in [-0.2, 0) is 4.79 Å². The van der Waals surface area contributed by atoms with Crippen molar-refractivity contribution < 1.29 is 4.79 Å². The number of nitrogens with zero attached hydrogens (tertiary/aromatic N) is 2. The number of amides is 1. The van der Waals surface area contributed by atoms with Crippen molar-refractivity contribution in [1.29, 1.82) is 0 Å². The molecule has 3 atom stereocenters. The first-order chi connectivity index (χ1) is 8.70. The Labute approximate surface area is 110 Å². The molecule has 4 aliphatic heterocycles. The van der Waals surface area contributed by atoms with Gasteiger partial charge in [-0.2, -0.15) is 0 Å². The second-order valence-corrected chi connectivity index (χ2v) is 6.13. The zero-order chi connectivity index (χ0) is 12.7. The molecule has 1 amide bonds. The third-order valence-corrected chi connectivity index (χ3v) is 4.97. The van der Waals surface area contributed by atoms with Gasteiger partial charge in [0.2, 0.25) is 5.91 Å². The van der Waals surface area contributed by atoms with Crippen molar-refractivity contribution in [1.82, 2.24) is 15.1 Å². The minimum atomic E-state index is 0.0699. The number of carbonyl (C=O) groups excluding carboxylic acids is 1. The summed E-state index contributed by atoms with van der Waals surface area (Å²) in [5.41, 5.74) is 0. The number of piperidine rings is 3. The Morgan fingerprint density at radius 1 is 1.33 bits per heavy atom. The van der Waals surface area contributed by atoms with Gasteiger partial charge in [0.05, 0.1) is 12.2 Å². The van der Waals surface area contributed by atoms with E-state index in [1.165, 1.54) is 25.9 Å². The lowest BCUT2D eigenvalue weighted by Crippen LogP contribution is -2.59. The summed E-state index contributed by atoms with van der Waals surface area (Å²) >= 11 is 0. The second-order valence-electron chi connectivity index (χ2n) is 6.13. The van der Waals surface area contributed by atoms with E-state index >= 15 is 0 Å². The van der Waals surface area contributed by atoms with Gasteiger partial charge < -0.3 is 9.80 Å². The average molecular weight is 251 g/mol. The van der Waals surface area contributed by atoms with Crippen molar-refractivity contribution >= 4 is 5.91 Å². The van der Waals surface area contributed by atoms with E-state index in [-0.39, 0.29) is 12.2 Å². The van der Waals surface area contributed by atoms with Crippen LogP contribution in [0.5, 0.6) is 0 Å². The van der Waals surface area contributed by atoms with E-state index in [1.807, 2.05) is 0 Å². The first-order valence-electron chi connectivity index (χ1n) is 7.51. The number of nitrogens with one attached hydrogen (secondary N) is 1. The van der Waals surface area contributed by atoms with Crippen LogP contribution in [-0.4, -0.2) is 53.6 Å². The summed E-state index contributed by atoms with van der Waals surface area (Å²) in [5, 5.41) is 3.47. The molecule has 4 rings (SSSR count). The lowest BCUT2D eigenvalue weighted by molar-refractivity contribution is -0.136. The summed E-state index contributed by atoms with van der Waals surface area (Å²) in [5.74, 6) is 1.09. The molecule has 4 nitrogen and oxygen atoms in total. The molecule has 0 aromatic heterocycles. The summed E-state index contributed by atoms with van der Waals surface area (Å²) in [7, 11) is 0. The molecule has 0 aromatic carbocycles. The molecule has 4 heterocycles. The van der Waals surface area contributed by atoms with E-state index in [2.05, 4.69) is 29.0 Å². The molecule has 0 saturated carbocycles. The summed E-state index contributed by atoms with van der Waals surface area (Å²) < 4.78 is 0. The van der Waals surface area contributed by atoms with E-state index in [9.17, 15) is 4.79 Å². The fourth-order valence-corrected chi connectivity index (χ4v) is 4.01. The summed E-state index contributed by atoms with van der Waals surface area (Å²) in [6.45, 7) is 7.87. The highest BCUT2D eigenvalue weighted by atomic mass is 16.2. The Morgan fingerprint density at radius 3 is 2.61 bits per heavy atom. The quantitative estimate of drug-likeness (QED) is 0.813. The van der Waals surface area contributed by atoms with Gasteiger partial charge in [-0.05, 0) is 45.2 Å². The Kier molecular flexibility index (Phi) is 3.32. The monoisotopic (exact) mass is 251 g/mol. The molecule has 1 N–H and O–H groups in total. The van der Waals surface area contributed by atoms with Gasteiger partial charge in [-0.15, -0.1) is 0 Å². The van der Waals surface area contributed by atoms with Crippen molar-refractivity contribution in [3.05, 3.63) is 0 Å². The van der Waals surface area contributed by atoms with Crippen molar-refractivity contribution in [2.24, 2.45) is 5.92 Å². The summed E-state index contributed by atoms with van der Waals surface area (Å²) in [6.07, 6.45) is 4.82. The van der Waals surface area contributed by atoms with Crippen LogP contribution in [0.15, 0.2) is 0 Å². The van der Waals surface area contributed by atoms with Crippen molar-refractivity contribution in [3.8, 4) is 0 Å². The molecule has 4 saturated heterocycles. The van der Waals surface area contributed by atoms with Gasteiger partial charge in [0.1, 0.15) is 0 Å². The molecule has 0 radical (unpaired) electrons. The lowest BCUT2D eigenvalue weighted by Gasteiger charge is -2.49. The zero-order valence-corrected chi connectivity index (χ0v) is 11.6. The number of fused-ring (bicyclic) bond motifs is 3. The third-order valence-electron chi connectivity index (χ3n) is 4.97. The molecular formula is C14H25N3O. The molecular weight excluding hydrogens is 226 g/mol.